The highest BCUT2D eigenvalue weighted by Crippen LogP contribution is 2.25. The molecule has 1 aromatic heterocycles. The van der Waals surface area contributed by atoms with Crippen molar-refractivity contribution in [2.24, 2.45) is 0 Å². The van der Waals surface area contributed by atoms with Crippen LogP contribution in [0.1, 0.15) is 22.3 Å². The third kappa shape index (κ3) is 5.63. The molecule has 0 unspecified atom stereocenters. The number of hydrogen-bond acceptors (Lipinski definition) is 4. The Labute approximate surface area is 210 Å². The van der Waals surface area contributed by atoms with Gasteiger partial charge < -0.3 is 24.7 Å². The maximum atomic E-state index is 13.0. The van der Waals surface area contributed by atoms with Gasteiger partial charge in [-0.1, -0.05) is 24.3 Å². The van der Waals surface area contributed by atoms with Crippen LogP contribution in [0.25, 0.3) is 10.9 Å². The zero-order chi connectivity index (χ0) is 24.9. The number of para-hydroxylation sites is 2. The van der Waals surface area contributed by atoms with E-state index in [0.717, 1.165) is 33.5 Å². The van der Waals surface area contributed by atoms with Crippen LogP contribution in [0.5, 0.6) is 11.5 Å². The summed E-state index contributed by atoms with van der Waals surface area (Å²) < 4.78 is 10.8. The van der Waals surface area contributed by atoms with Crippen molar-refractivity contribution < 1.29 is 9.47 Å². The summed E-state index contributed by atoms with van der Waals surface area (Å²) in [5.74, 6) is 1.47. The second kappa shape index (κ2) is 10.6. The summed E-state index contributed by atoms with van der Waals surface area (Å²) in [7, 11) is 3.26. The van der Waals surface area contributed by atoms with Gasteiger partial charge in [0.2, 0.25) is 0 Å². The molecular weight excluding hydrogens is 458 g/mol. The topological polar surface area (TPSA) is 66.6 Å². The van der Waals surface area contributed by atoms with E-state index in [1.807, 2.05) is 72.5 Å². The number of H-pyrrole nitrogens is 1. The maximum absolute atomic E-state index is 13.0. The summed E-state index contributed by atoms with van der Waals surface area (Å²) in [6.45, 7) is 4.96. The van der Waals surface area contributed by atoms with Crippen molar-refractivity contribution in [2.45, 2.75) is 26.9 Å². The number of thiocarbonyl (C=S) groups is 1. The second-order valence-electron chi connectivity index (χ2n) is 8.48. The van der Waals surface area contributed by atoms with Crippen LogP contribution in [0.3, 0.4) is 0 Å². The summed E-state index contributed by atoms with van der Waals surface area (Å²) >= 11 is 5.81. The highest BCUT2D eigenvalue weighted by Gasteiger charge is 2.16. The first-order valence-corrected chi connectivity index (χ1v) is 11.7. The van der Waals surface area contributed by atoms with E-state index >= 15 is 0 Å². The molecule has 1 heterocycles. The second-order valence-corrected chi connectivity index (χ2v) is 8.87. The molecular formula is C28H29N3O3S. The van der Waals surface area contributed by atoms with Gasteiger partial charge in [0, 0.05) is 17.6 Å². The molecule has 180 valence electrons. The van der Waals surface area contributed by atoms with E-state index in [4.69, 9.17) is 21.7 Å². The number of rotatable bonds is 7. The van der Waals surface area contributed by atoms with E-state index in [1.165, 1.54) is 5.56 Å². The number of pyridine rings is 1. The number of nitrogens with zero attached hydrogens (tertiary/aromatic N) is 1. The number of hydrogen-bond donors (Lipinski definition) is 2. The van der Waals surface area contributed by atoms with Gasteiger partial charge in [0.25, 0.3) is 5.56 Å². The molecule has 0 radical (unpaired) electrons. The summed E-state index contributed by atoms with van der Waals surface area (Å²) in [5.41, 5.74) is 5.47. The van der Waals surface area contributed by atoms with Gasteiger partial charge in [0.05, 0.1) is 26.5 Å². The lowest BCUT2D eigenvalue weighted by Crippen LogP contribution is -2.35. The SMILES string of the molecule is COc1ccc(CN(Cc2cc3cc(C)c(C)cc3[nH]c2=O)C(=S)Nc2ccccc2OC)cc1. The van der Waals surface area contributed by atoms with Crippen molar-refractivity contribution in [3.8, 4) is 11.5 Å². The third-order valence-corrected chi connectivity index (χ3v) is 6.43. The highest BCUT2D eigenvalue weighted by atomic mass is 32.1. The van der Waals surface area contributed by atoms with Gasteiger partial charge in [0.1, 0.15) is 11.5 Å². The smallest absolute Gasteiger partial charge is 0.253 e. The maximum Gasteiger partial charge on any atom is 0.253 e. The van der Waals surface area contributed by atoms with Gasteiger partial charge in [0.15, 0.2) is 5.11 Å². The fourth-order valence-electron chi connectivity index (χ4n) is 3.94. The van der Waals surface area contributed by atoms with Crippen LogP contribution in [0.4, 0.5) is 5.69 Å². The molecule has 4 aromatic rings. The lowest BCUT2D eigenvalue weighted by molar-refractivity contribution is 0.404. The van der Waals surface area contributed by atoms with Crippen molar-refractivity contribution in [3.63, 3.8) is 0 Å². The Hall–Kier alpha value is -3.84. The molecule has 0 aliphatic rings. The van der Waals surface area contributed by atoms with Crippen molar-refractivity contribution in [2.75, 3.05) is 19.5 Å². The largest absolute Gasteiger partial charge is 0.497 e. The van der Waals surface area contributed by atoms with E-state index in [2.05, 4.69) is 23.3 Å². The number of anilines is 1. The van der Waals surface area contributed by atoms with Crippen molar-refractivity contribution in [1.82, 2.24) is 9.88 Å². The predicted octanol–water partition coefficient (Wildman–Crippen LogP) is 5.56. The fourth-order valence-corrected chi connectivity index (χ4v) is 4.18. The molecule has 35 heavy (non-hydrogen) atoms. The molecule has 6 nitrogen and oxygen atoms in total. The molecule has 4 rings (SSSR count). The molecule has 3 aromatic carbocycles. The zero-order valence-electron chi connectivity index (χ0n) is 20.3. The first-order valence-electron chi connectivity index (χ1n) is 11.3. The van der Waals surface area contributed by atoms with Crippen LogP contribution in [0.15, 0.2) is 71.5 Å². The van der Waals surface area contributed by atoms with Crippen LogP contribution in [-0.4, -0.2) is 29.2 Å². The first kappa shape index (κ1) is 24.3. The minimum absolute atomic E-state index is 0.124. The number of methoxy groups -OCH3 is 2. The lowest BCUT2D eigenvalue weighted by atomic mass is 10.0. The van der Waals surface area contributed by atoms with Gasteiger partial charge in [-0.2, -0.15) is 0 Å². The Morgan fingerprint density at radius 1 is 0.943 bits per heavy atom. The van der Waals surface area contributed by atoms with Gasteiger partial charge in [-0.3, -0.25) is 4.79 Å². The summed E-state index contributed by atoms with van der Waals surface area (Å²) in [6.07, 6.45) is 0. The van der Waals surface area contributed by atoms with Crippen molar-refractivity contribution in [3.05, 3.63) is 99.3 Å². The minimum Gasteiger partial charge on any atom is -0.497 e. The van der Waals surface area contributed by atoms with Crippen LogP contribution in [-0.2, 0) is 13.1 Å². The molecule has 0 fully saturated rings. The Morgan fingerprint density at radius 3 is 2.37 bits per heavy atom. The molecule has 0 amide bonds. The normalized spacial score (nSPS) is 10.7. The molecule has 0 spiro atoms. The zero-order valence-corrected chi connectivity index (χ0v) is 21.2. The molecule has 0 aliphatic heterocycles. The van der Waals surface area contributed by atoms with E-state index in [-0.39, 0.29) is 5.56 Å². The van der Waals surface area contributed by atoms with Gasteiger partial charge in [-0.05, 0) is 90.6 Å². The minimum atomic E-state index is -0.124. The molecule has 0 bridgehead atoms. The number of aromatic amines is 1. The van der Waals surface area contributed by atoms with Gasteiger partial charge in [-0.15, -0.1) is 0 Å². The average Bonchev–Trinajstić information content (AvgIpc) is 2.86. The number of aryl methyl sites for hydroxylation is 2. The number of ether oxygens (including phenoxy) is 2. The number of nitrogens with one attached hydrogen (secondary N) is 2. The van der Waals surface area contributed by atoms with Crippen LogP contribution >= 0.6 is 12.2 Å². The molecule has 0 aliphatic carbocycles. The first-order chi connectivity index (χ1) is 16.9. The van der Waals surface area contributed by atoms with Gasteiger partial charge in [-0.25, -0.2) is 0 Å². The molecule has 2 N–H and O–H groups in total. The Morgan fingerprint density at radius 2 is 1.66 bits per heavy atom. The Balaban J connectivity index is 1.67. The Bertz CT molecular complexity index is 1410. The van der Waals surface area contributed by atoms with E-state index in [0.29, 0.717) is 29.5 Å². The van der Waals surface area contributed by atoms with Crippen molar-refractivity contribution >= 4 is 33.9 Å². The fraction of sp³-hybridized carbons (Fsp3) is 0.214. The highest BCUT2D eigenvalue weighted by molar-refractivity contribution is 7.80. The summed E-state index contributed by atoms with van der Waals surface area (Å²) in [4.78, 5) is 18.0. The average molecular weight is 488 g/mol. The lowest BCUT2D eigenvalue weighted by Gasteiger charge is -2.26. The number of fused-ring (bicyclic) bond motifs is 1. The molecule has 0 saturated carbocycles. The van der Waals surface area contributed by atoms with Gasteiger partial charge >= 0.3 is 0 Å². The predicted molar refractivity (Wildman–Crippen MR) is 145 cm³/mol. The monoisotopic (exact) mass is 487 g/mol. The van der Waals surface area contributed by atoms with Crippen molar-refractivity contribution in [1.29, 1.82) is 0 Å². The van der Waals surface area contributed by atoms with Crippen LogP contribution in [0, 0.1) is 13.8 Å². The third-order valence-electron chi connectivity index (χ3n) is 6.06. The van der Waals surface area contributed by atoms with Crippen LogP contribution in [0.2, 0.25) is 0 Å². The van der Waals surface area contributed by atoms with Crippen LogP contribution < -0.4 is 20.3 Å². The molecule has 7 heteroatoms. The summed E-state index contributed by atoms with van der Waals surface area (Å²) in [6, 6.07) is 21.5. The number of aromatic nitrogens is 1. The standard InChI is InChI=1S/C28H29N3O3S/c1-18-13-21-15-22(27(32)29-25(21)14-19(18)2)17-31(16-20-9-11-23(33-3)12-10-20)28(35)30-24-7-5-6-8-26(24)34-4/h5-15H,16-17H2,1-4H3,(H,29,32)(H,30,35). The quantitative estimate of drug-likeness (QED) is 0.333. The van der Waals surface area contributed by atoms with E-state index in [9.17, 15) is 4.79 Å². The summed E-state index contributed by atoms with van der Waals surface area (Å²) in [5, 5.41) is 4.78. The molecule has 0 saturated heterocycles. The number of benzene rings is 3. The Kier molecular flexibility index (Phi) is 7.36. The van der Waals surface area contributed by atoms with E-state index < -0.39 is 0 Å². The molecule has 0 atom stereocenters. The van der Waals surface area contributed by atoms with E-state index in [1.54, 1.807) is 14.2 Å².